The molecule has 0 spiro atoms. The molecule has 9 heteroatoms. The number of halogens is 1. The summed E-state index contributed by atoms with van der Waals surface area (Å²) in [7, 11) is -9.53. The van der Waals surface area contributed by atoms with Crippen LogP contribution in [0.4, 0.5) is 0 Å². The Kier molecular flexibility index (Phi) is 8.89. The summed E-state index contributed by atoms with van der Waals surface area (Å²) in [4.78, 5) is 12.6. The number of sulfone groups is 2. The normalized spacial score (nSPS) is 12.5. The van der Waals surface area contributed by atoms with Crippen LogP contribution in [0.5, 0.6) is 0 Å². The average Bonchev–Trinajstić information content (AvgIpc) is 2.85. The molecule has 3 aromatic carbocycles. The second-order valence-electron chi connectivity index (χ2n) is 7.67. The summed E-state index contributed by atoms with van der Waals surface area (Å²) in [5.41, 5.74) is 0.596. The number of carbonyl (C=O) groups excluding carboxylic acids is 1. The SMILES string of the molecule is CCC/C=C/C(OC(=O)Cc1ccccc1I)(S(=O)(=O)c1ccccc1)S(=O)(=O)c1ccccc1. The molecular formula is C26H25IO6S2. The van der Waals surface area contributed by atoms with E-state index in [4.69, 9.17) is 4.74 Å². The quantitative estimate of drug-likeness (QED) is 0.172. The van der Waals surface area contributed by atoms with Crippen LogP contribution in [0.1, 0.15) is 25.3 Å². The van der Waals surface area contributed by atoms with Gasteiger partial charge < -0.3 is 4.74 Å². The lowest BCUT2D eigenvalue weighted by Gasteiger charge is -2.30. The second kappa shape index (κ2) is 11.5. The molecule has 0 amide bonds. The van der Waals surface area contributed by atoms with Crippen LogP contribution in [0.2, 0.25) is 0 Å². The van der Waals surface area contributed by atoms with Gasteiger partial charge in [0.1, 0.15) is 0 Å². The molecule has 0 aliphatic heterocycles. The minimum atomic E-state index is -4.77. The largest absolute Gasteiger partial charge is 0.423 e. The van der Waals surface area contributed by atoms with Crippen LogP contribution in [0.3, 0.4) is 0 Å². The van der Waals surface area contributed by atoms with Gasteiger partial charge in [-0.3, -0.25) is 4.79 Å². The van der Waals surface area contributed by atoms with E-state index >= 15 is 0 Å². The Morgan fingerprint density at radius 1 is 0.829 bits per heavy atom. The zero-order valence-electron chi connectivity index (χ0n) is 19.0. The first-order valence-corrected chi connectivity index (χ1v) is 14.9. The van der Waals surface area contributed by atoms with Gasteiger partial charge in [0.15, 0.2) is 0 Å². The third-order valence-corrected chi connectivity index (χ3v) is 11.3. The molecule has 0 radical (unpaired) electrons. The van der Waals surface area contributed by atoms with Gasteiger partial charge in [-0.25, -0.2) is 16.8 Å². The first-order chi connectivity index (χ1) is 16.7. The third-order valence-electron chi connectivity index (χ3n) is 5.18. The summed E-state index contributed by atoms with van der Waals surface area (Å²) >= 11 is 2.05. The molecule has 0 aromatic heterocycles. The Morgan fingerprint density at radius 3 is 1.80 bits per heavy atom. The van der Waals surface area contributed by atoms with Crippen molar-refractivity contribution < 1.29 is 26.4 Å². The number of unbranched alkanes of at least 4 members (excludes halogenated alkanes) is 1. The van der Waals surface area contributed by atoms with Gasteiger partial charge in [0, 0.05) is 3.57 Å². The number of ether oxygens (including phenoxy) is 1. The highest BCUT2D eigenvalue weighted by Crippen LogP contribution is 2.39. The van der Waals surface area contributed by atoms with E-state index in [0.29, 0.717) is 18.4 Å². The van der Waals surface area contributed by atoms with Crippen LogP contribution in [-0.4, -0.2) is 27.1 Å². The summed E-state index contributed by atoms with van der Waals surface area (Å²) in [5, 5.41) is 0. The molecule has 0 atom stereocenters. The van der Waals surface area contributed by atoms with E-state index in [-0.39, 0.29) is 16.2 Å². The average molecular weight is 625 g/mol. The Labute approximate surface area is 220 Å². The van der Waals surface area contributed by atoms with E-state index in [9.17, 15) is 21.6 Å². The number of allylic oxidation sites excluding steroid dienone is 1. The Balaban J connectivity index is 2.25. The molecule has 0 saturated heterocycles. The minimum absolute atomic E-state index is 0.275. The van der Waals surface area contributed by atoms with Gasteiger partial charge in [-0.05, 0) is 71.0 Å². The lowest BCUT2D eigenvalue weighted by Crippen LogP contribution is -2.49. The fourth-order valence-corrected chi connectivity index (χ4v) is 8.34. The molecule has 0 heterocycles. The first-order valence-electron chi connectivity index (χ1n) is 10.9. The smallest absolute Gasteiger partial charge is 0.338 e. The molecule has 0 bridgehead atoms. The third kappa shape index (κ3) is 5.68. The van der Waals surface area contributed by atoms with Crippen LogP contribution in [0.25, 0.3) is 0 Å². The van der Waals surface area contributed by atoms with Crippen molar-refractivity contribution in [3.63, 3.8) is 0 Å². The van der Waals surface area contributed by atoms with Crippen LogP contribution in [0.15, 0.2) is 107 Å². The van der Waals surface area contributed by atoms with Gasteiger partial charge in [-0.15, -0.1) is 0 Å². The van der Waals surface area contributed by atoms with Gasteiger partial charge in [-0.2, -0.15) is 0 Å². The number of esters is 1. The number of rotatable bonds is 10. The van der Waals surface area contributed by atoms with Crippen molar-refractivity contribution in [2.45, 2.75) is 40.2 Å². The van der Waals surface area contributed by atoms with E-state index in [1.807, 2.05) is 6.92 Å². The summed E-state index contributed by atoms with van der Waals surface area (Å²) in [6.07, 6.45) is 3.16. The lowest BCUT2D eigenvalue weighted by molar-refractivity contribution is -0.144. The van der Waals surface area contributed by atoms with Crippen molar-refractivity contribution in [2.75, 3.05) is 0 Å². The number of hydrogen-bond donors (Lipinski definition) is 0. The van der Waals surface area contributed by atoms with E-state index in [1.165, 1.54) is 54.6 Å². The van der Waals surface area contributed by atoms with Crippen LogP contribution in [-0.2, 0) is 35.6 Å². The van der Waals surface area contributed by atoms with Crippen molar-refractivity contribution in [3.05, 3.63) is 106 Å². The van der Waals surface area contributed by atoms with E-state index in [1.54, 1.807) is 36.4 Å². The molecule has 6 nitrogen and oxygen atoms in total. The molecule has 0 saturated carbocycles. The fraction of sp³-hybridized carbons (Fsp3) is 0.192. The molecule has 0 aliphatic carbocycles. The van der Waals surface area contributed by atoms with Gasteiger partial charge in [0.2, 0.25) is 19.7 Å². The molecule has 184 valence electrons. The predicted molar refractivity (Wildman–Crippen MR) is 143 cm³/mol. The molecule has 35 heavy (non-hydrogen) atoms. The maximum atomic E-state index is 14.0. The molecule has 0 fully saturated rings. The number of benzene rings is 3. The summed E-state index contributed by atoms with van der Waals surface area (Å²) in [5.74, 6) is -0.978. The highest BCUT2D eigenvalue weighted by Gasteiger charge is 2.58. The van der Waals surface area contributed by atoms with Crippen molar-refractivity contribution >= 4 is 48.2 Å². The predicted octanol–water partition coefficient (Wildman–Crippen LogP) is 5.33. The molecule has 3 aromatic rings. The number of carbonyl (C=O) groups is 1. The summed E-state index contributed by atoms with van der Waals surface area (Å²) in [6, 6.07) is 21.3. The topological polar surface area (TPSA) is 94.6 Å². The van der Waals surface area contributed by atoms with Crippen LogP contribution >= 0.6 is 22.6 Å². The Hall–Kier alpha value is -2.50. The maximum absolute atomic E-state index is 14.0. The Bertz CT molecular complexity index is 1330. The first kappa shape index (κ1) is 27.1. The highest BCUT2D eigenvalue weighted by molar-refractivity contribution is 14.1. The highest BCUT2D eigenvalue weighted by atomic mass is 127. The van der Waals surface area contributed by atoms with Crippen LogP contribution in [0, 0.1) is 3.57 Å². The Morgan fingerprint density at radius 2 is 1.31 bits per heavy atom. The second-order valence-corrected chi connectivity index (χ2v) is 13.3. The lowest BCUT2D eigenvalue weighted by atomic mass is 10.2. The van der Waals surface area contributed by atoms with E-state index < -0.39 is 29.9 Å². The van der Waals surface area contributed by atoms with Crippen molar-refractivity contribution in [2.24, 2.45) is 0 Å². The zero-order chi connectivity index (χ0) is 25.5. The molecular weight excluding hydrogens is 599 g/mol. The van der Waals surface area contributed by atoms with Gasteiger partial charge in [-0.1, -0.05) is 74.0 Å². The van der Waals surface area contributed by atoms with E-state index in [2.05, 4.69) is 22.6 Å². The van der Waals surface area contributed by atoms with E-state index in [0.717, 1.165) is 9.65 Å². The molecule has 3 rings (SSSR count). The zero-order valence-corrected chi connectivity index (χ0v) is 22.8. The van der Waals surface area contributed by atoms with Crippen molar-refractivity contribution in [1.82, 2.24) is 0 Å². The monoisotopic (exact) mass is 624 g/mol. The standard InChI is InChI=1S/C26H25IO6S2/c1-2-3-12-19-26(34(29,30)22-14-6-4-7-15-22,35(31,32)23-16-8-5-9-17-23)33-25(28)20-21-13-10-11-18-24(21)27/h4-19H,2-3,20H2,1H3/b19-12+. The van der Waals surface area contributed by atoms with Gasteiger partial charge in [0.25, 0.3) is 0 Å². The summed E-state index contributed by atoms with van der Waals surface area (Å²) in [6.45, 7) is 1.87. The molecule has 0 unspecified atom stereocenters. The summed E-state index contributed by atoms with van der Waals surface area (Å²) < 4.78 is 59.4. The fourth-order valence-electron chi connectivity index (χ4n) is 3.38. The van der Waals surface area contributed by atoms with Gasteiger partial charge >= 0.3 is 10.2 Å². The van der Waals surface area contributed by atoms with Crippen LogP contribution < -0.4 is 0 Å². The minimum Gasteiger partial charge on any atom is -0.423 e. The molecule has 0 aliphatic rings. The maximum Gasteiger partial charge on any atom is 0.338 e. The molecule has 0 N–H and O–H groups in total. The van der Waals surface area contributed by atoms with Crippen molar-refractivity contribution in [1.29, 1.82) is 0 Å². The van der Waals surface area contributed by atoms with Gasteiger partial charge in [0.05, 0.1) is 16.2 Å². The number of hydrogen-bond acceptors (Lipinski definition) is 6. The van der Waals surface area contributed by atoms with Crippen molar-refractivity contribution in [3.8, 4) is 0 Å².